The first kappa shape index (κ1) is 20.9. The maximum atomic E-state index is 12.1. The number of rotatable bonds is 3. The third-order valence-corrected chi connectivity index (χ3v) is 4.54. The van der Waals surface area contributed by atoms with Gasteiger partial charge >= 0.3 is 0 Å². The second kappa shape index (κ2) is 8.06. The first-order chi connectivity index (χ1) is 12.6. The molecular weight excluding hydrogens is 366 g/mol. The lowest BCUT2D eigenvalue weighted by Crippen LogP contribution is -2.35. The Morgan fingerprint density at radius 3 is 2.41 bits per heavy atom. The Morgan fingerprint density at radius 2 is 1.93 bits per heavy atom. The summed E-state index contributed by atoms with van der Waals surface area (Å²) in [4.78, 5) is 23.0. The predicted molar refractivity (Wildman–Crippen MR) is 107 cm³/mol. The Hall–Kier alpha value is -2.45. The molecule has 27 heavy (non-hydrogen) atoms. The smallest absolute Gasteiger partial charge is 0.293 e. The zero-order valence-corrected chi connectivity index (χ0v) is 16.9. The molecule has 1 aliphatic rings. The predicted octanol–water partition coefficient (Wildman–Crippen LogP) is 1.88. The number of carbonyl (C=O) groups is 2. The largest absolute Gasteiger partial charge is 0.462 e. The van der Waals surface area contributed by atoms with E-state index in [1.165, 1.54) is 4.90 Å². The SMILES string of the molecule is CC(C)(C)OC=O.CN1C(=O)C(C(O)c2cn(C)c3ccccc23)NC1=S. The van der Waals surface area contributed by atoms with Gasteiger partial charge in [0.1, 0.15) is 17.7 Å². The van der Waals surface area contributed by atoms with Crippen molar-refractivity contribution in [1.82, 2.24) is 14.8 Å². The van der Waals surface area contributed by atoms with E-state index in [4.69, 9.17) is 12.2 Å². The van der Waals surface area contributed by atoms with Crippen LogP contribution >= 0.6 is 12.2 Å². The normalized spacial score (nSPS) is 18.0. The number of fused-ring (bicyclic) bond motifs is 1. The number of aryl methyl sites for hydroxylation is 1. The molecule has 8 heteroatoms. The van der Waals surface area contributed by atoms with Gasteiger partial charge in [-0.15, -0.1) is 0 Å². The lowest BCUT2D eigenvalue weighted by Gasteiger charge is -2.15. The molecule has 0 radical (unpaired) electrons. The maximum absolute atomic E-state index is 12.1. The number of ether oxygens (including phenoxy) is 1. The number of amides is 1. The third kappa shape index (κ3) is 4.64. The molecule has 2 atom stereocenters. The standard InChI is InChI=1S/C14H15N3O2S.C5H10O2/c1-16-7-9(8-5-3-4-6-10(8)16)12(18)11-13(19)17(2)14(20)15-11;1-5(2,3)7-4-6/h3-7,11-12,18H,1-2H3,(H,15,20);4H,1-3H3. The number of hydrogen-bond donors (Lipinski definition) is 2. The zero-order valence-electron chi connectivity index (χ0n) is 16.1. The summed E-state index contributed by atoms with van der Waals surface area (Å²) in [6.07, 6.45) is 0.919. The van der Waals surface area contributed by atoms with Crippen molar-refractivity contribution < 1.29 is 19.4 Å². The summed E-state index contributed by atoms with van der Waals surface area (Å²) in [6.45, 7) is 5.92. The van der Waals surface area contributed by atoms with E-state index in [0.717, 1.165) is 16.5 Å². The van der Waals surface area contributed by atoms with Gasteiger partial charge < -0.3 is 19.7 Å². The molecule has 146 valence electrons. The number of nitrogens with one attached hydrogen (secondary N) is 1. The van der Waals surface area contributed by atoms with Crippen molar-refractivity contribution in [2.75, 3.05) is 7.05 Å². The summed E-state index contributed by atoms with van der Waals surface area (Å²) >= 11 is 5.04. The first-order valence-corrected chi connectivity index (χ1v) is 8.89. The number of likely N-dealkylation sites (N-methyl/N-ethyl adjacent to an activating group) is 1. The van der Waals surface area contributed by atoms with E-state index >= 15 is 0 Å². The molecule has 1 saturated heterocycles. The number of aromatic nitrogens is 1. The average molecular weight is 391 g/mol. The van der Waals surface area contributed by atoms with Crippen LogP contribution in [0.2, 0.25) is 0 Å². The fraction of sp³-hybridized carbons (Fsp3) is 0.421. The highest BCUT2D eigenvalue weighted by atomic mass is 32.1. The van der Waals surface area contributed by atoms with Crippen LogP contribution in [0.3, 0.4) is 0 Å². The van der Waals surface area contributed by atoms with Crippen molar-refractivity contribution in [3.63, 3.8) is 0 Å². The van der Waals surface area contributed by atoms with Crippen LogP contribution in [0.5, 0.6) is 0 Å². The summed E-state index contributed by atoms with van der Waals surface area (Å²) in [6, 6.07) is 7.06. The molecular formula is C19H25N3O4S. The van der Waals surface area contributed by atoms with Gasteiger partial charge in [-0.25, -0.2) is 0 Å². The van der Waals surface area contributed by atoms with E-state index in [-0.39, 0.29) is 11.5 Å². The molecule has 1 fully saturated rings. The van der Waals surface area contributed by atoms with Crippen molar-refractivity contribution in [3.8, 4) is 0 Å². The van der Waals surface area contributed by atoms with Gasteiger partial charge in [-0.1, -0.05) is 18.2 Å². The molecule has 1 amide bonds. The van der Waals surface area contributed by atoms with Crippen LogP contribution in [0.4, 0.5) is 0 Å². The van der Waals surface area contributed by atoms with E-state index in [2.05, 4.69) is 10.1 Å². The quantitative estimate of drug-likeness (QED) is 0.614. The molecule has 2 aromatic rings. The van der Waals surface area contributed by atoms with E-state index in [1.54, 1.807) is 7.05 Å². The molecule has 0 bridgehead atoms. The number of aliphatic hydroxyl groups is 1. The number of para-hydroxylation sites is 1. The van der Waals surface area contributed by atoms with E-state index < -0.39 is 12.1 Å². The Balaban J connectivity index is 0.000000321. The second-order valence-corrected chi connectivity index (χ2v) is 7.69. The van der Waals surface area contributed by atoms with Crippen LogP contribution in [0.25, 0.3) is 10.9 Å². The van der Waals surface area contributed by atoms with Crippen LogP contribution in [0.15, 0.2) is 30.5 Å². The van der Waals surface area contributed by atoms with Crippen LogP contribution in [0, 0.1) is 0 Å². The highest BCUT2D eigenvalue weighted by Crippen LogP contribution is 2.29. The van der Waals surface area contributed by atoms with Gasteiger partial charge in [0.05, 0.1) is 0 Å². The van der Waals surface area contributed by atoms with Crippen molar-refractivity contribution in [2.24, 2.45) is 7.05 Å². The monoisotopic (exact) mass is 391 g/mol. The van der Waals surface area contributed by atoms with E-state index in [0.29, 0.717) is 11.6 Å². The van der Waals surface area contributed by atoms with Gasteiger partial charge in [-0.2, -0.15) is 0 Å². The molecule has 2 unspecified atom stereocenters. The van der Waals surface area contributed by atoms with Crippen LogP contribution < -0.4 is 5.32 Å². The Labute approximate surface area is 163 Å². The minimum atomic E-state index is -0.934. The fourth-order valence-electron chi connectivity index (χ4n) is 2.75. The Kier molecular flexibility index (Phi) is 6.22. The molecule has 2 heterocycles. The highest BCUT2D eigenvalue weighted by molar-refractivity contribution is 7.80. The molecule has 2 N–H and O–H groups in total. The first-order valence-electron chi connectivity index (χ1n) is 8.48. The topological polar surface area (TPSA) is 83.8 Å². The minimum Gasteiger partial charge on any atom is -0.462 e. The van der Waals surface area contributed by atoms with Crippen molar-refractivity contribution in [1.29, 1.82) is 0 Å². The number of hydrogen-bond acceptors (Lipinski definition) is 5. The second-order valence-electron chi connectivity index (χ2n) is 7.31. The lowest BCUT2D eigenvalue weighted by atomic mass is 10.0. The van der Waals surface area contributed by atoms with Gasteiger partial charge in [0.2, 0.25) is 0 Å². The number of carbonyl (C=O) groups excluding carboxylic acids is 2. The number of benzene rings is 1. The Morgan fingerprint density at radius 1 is 1.30 bits per heavy atom. The van der Waals surface area contributed by atoms with Gasteiger partial charge in [0.15, 0.2) is 5.11 Å². The van der Waals surface area contributed by atoms with Crippen molar-refractivity contribution >= 4 is 40.6 Å². The summed E-state index contributed by atoms with van der Waals surface area (Å²) in [5, 5.41) is 14.7. The minimum absolute atomic E-state index is 0.213. The molecule has 0 spiro atoms. The molecule has 1 aliphatic heterocycles. The molecule has 0 saturated carbocycles. The third-order valence-electron chi connectivity index (χ3n) is 4.14. The number of nitrogens with zero attached hydrogens (tertiary/aromatic N) is 2. The molecule has 1 aromatic carbocycles. The van der Waals surface area contributed by atoms with E-state index in [9.17, 15) is 14.7 Å². The van der Waals surface area contributed by atoms with Gasteiger partial charge in [-0.05, 0) is 39.1 Å². The summed E-state index contributed by atoms with van der Waals surface area (Å²) in [5.74, 6) is -0.213. The Bertz CT molecular complexity index is 856. The van der Waals surface area contributed by atoms with Crippen LogP contribution in [-0.2, 0) is 21.4 Å². The summed E-state index contributed by atoms with van der Waals surface area (Å²) in [5.41, 5.74) is 1.43. The van der Waals surface area contributed by atoms with Crippen molar-refractivity contribution in [2.45, 2.75) is 38.5 Å². The number of aliphatic hydroxyl groups excluding tert-OH is 1. The highest BCUT2D eigenvalue weighted by Gasteiger charge is 2.39. The molecule has 3 rings (SSSR count). The molecule has 1 aromatic heterocycles. The molecule has 7 nitrogen and oxygen atoms in total. The van der Waals surface area contributed by atoms with Gasteiger partial charge in [0.25, 0.3) is 12.4 Å². The van der Waals surface area contributed by atoms with Gasteiger partial charge in [-0.3, -0.25) is 14.5 Å². The maximum Gasteiger partial charge on any atom is 0.293 e. The number of thiocarbonyl (C=S) groups is 1. The van der Waals surface area contributed by atoms with Gasteiger partial charge in [0, 0.05) is 36.8 Å². The summed E-state index contributed by atoms with van der Waals surface area (Å²) in [7, 11) is 3.52. The molecule has 0 aliphatic carbocycles. The summed E-state index contributed by atoms with van der Waals surface area (Å²) < 4.78 is 6.49. The van der Waals surface area contributed by atoms with E-state index in [1.807, 2.05) is 62.8 Å². The lowest BCUT2D eigenvalue weighted by molar-refractivity contribution is -0.138. The van der Waals surface area contributed by atoms with Crippen LogP contribution in [-0.4, -0.2) is 50.8 Å². The zero-order chi connectivity index (χ0) is 20.4. The average Bonchev–Trinajstić information content (AvgIpc) is 3.06. The van der Waals surface area contributed by atoms with Crippen LogP contribution in [0.1, 0.15) is 32.4 Å². The van der Waals surface area contributed by atoms with Crippen molar-refractivity contribution in [3.05, 3.63) is 36.0 Å². The fourth-order valence-corrected chi connectivity index (χ4v) is 2.96.